The average molecular weight is 406 g/mol. The summed E-state index contributed by atoms with van der Waals surface area (Å²) in [7, 11) is -1.89. The number of benzene rings is 1. The van der Waals surface area contributed by atoms with Crippen molar-refractivity contribution < 1.29 is 17.7 Å². The first-order valence-electron chi connectivity index (χ1n) is 9.50. The lowest BCUT2D eigenvalue weighted by atomic mass is 10.1. The van der Waals surface area contributed by atoms with Crippen LogP contribution in [0.5, 0.6) is 0 Å². The molecule has 0 unspecified atom stereocenters. The monoisotopic (exact) mass is 405 g/mol. The van der Waals surface area contributed by atoms with E-state index in [2.05, 4.69) is 5.16 Å². The van der Waals surface area contributed by atoms with Crippen LogP contribution in [0.15, 0.2) is 27.6 Å². The number of carbonyl (C=O) groups is 1. The third-order valence-electron chi connectivity index (χ3n) is 5.32. The Kier molecular flexibility index (Phi) is 5.90. The van der Waals surface area contributed by atoms with Gasteiger partial charge < -0.3 is 9.42 Å². The van der Waals surface area contributed by atoms with E-state index in [1.54, 1.807) is 24.1 Å². The standard InChI is InChI=1S/C20H27N3O4S/c1-14-8-9-17(28(25,26)23-10-6-5-7-11-23)12-18(14)20(24)22(4)13-19-15(2)21-27-16(19)3/h8-9,12H,5-7,10-11,13H2,1-4H3. The van der Waals surface area contributed by atoms with Gasteiger partial charge in [-0.1, -0.05) is 17.6 Å². The minimum absolute atomic E-state index is 0.175. The van der Waals surface area contributed by atoms with Gasteiger partial charge in [0.2, 0.25) is 10.0 Å². The number of hydrogen-bond donors (Lipinski definition) is 0. The number of hydrogen-bond acceptors (Lipinski definition) is 5. The van der Waals surface area contributed by atoms with E-state index in [4.69, 9.17) is 4.52 Å². The fourth-order valence-electron chi connectivity index (χ4n) is 3.49. The van der Waals surface area contributed by atoms with Crippen molar-refractivity contribution in [1.29, 1.82) is 0 Å². The highest BCUT2D eigenvalue weighted by Gasteiger charge is 2.27. The van der Waals surface area contributed by atoms with Gasteiger partial charge in [0.25, 0.3) is 5.91 Å². The second kappa shape index (κ2) is 8.05. The molecule has 0 aliphatic carbocycles. The molecule has 1 aliphatic rings. The van der Waals surface area contributed by atoms with Gasteiger partial charge >= 0.3 is 0 Å². The second-order valence-electron chi connectivity index (χ2n) is 7.41. The highest BCUT2D eigenvalue weighted by molar-refractivity contribution is 7.89. The molecule has 0 N–H and O–H groups in total. The molecule has 28 heavy (non-hydrogen) atoms. The fourth-order valence-corrected chi connectivity index (χ4v) is 5.03. The first-order valence-corrected chi connectivity index (χ1v) is 10.9. The first kappa shape index (κ1) is 20.5. The van der Waals surface area contributed by atoms with Crippen LogP contribution in [0.1, 0.15) is 52.2 Å². The Bertz CT molecular complexity index is 956. The van der Waals surface area contributed by atoms with Crippen molar-refractivity contribution >= 4 is 15.9 Å². The Balaban J connectivity index is 1.87. The molecule has 1 saturated heterocycles. The molecule has 8 heteroatoms. The van der Waals surface area contributed by atoms with E-state index in [0.717, 1.165) is 36.1 Å². The molecule has 2 heterocycles. The maximum atomic E-state index is 13.0. The quantitative estimate of drug-likeness (QED) is 0.763. The number of aromatic nitrogens is 1. The molecule has 1 amide bonds. The van der Waals surface area contributed by atoms with E-state index in [9.17, 15) is 13.2 Å². The molecule has 3 rings (SSSR count). The summed E-state index contributed by atoms with van der Waals surface area (Å²) in [4.78, 5) is 14.8. The van der Waals surface area contributed by atoms with Crippen LogP contribution in [-0.4, -0.2) is 48.8 Å². The first-order chi connectivity index (χ1) is 13.2. The molecule has 1 fully saturated rings. The van der Waals surface area contributed by atoms with Crippen LogP contribution in [0.3, 0.4) is 0 Å². The third kappa shape index (κ3) is 3.98. The zero-order chi connectivity index (χ0) is 20.5. The van der Waals surface area contributed by atoms with Crippen LogP contribution >= 0.6 is 0 Å². The molecule has 0 bridgehead atoms. The van der Waals surface area contributed by atoms with Crippen LogP contribution in [0, 0.1) is 20.8 Å². The van der Waals surface area contributed by atoms with Gasteiger partial charge in [0.05, 0.1) is 17.1 Å². The van der Waals surface area contributed by atoms with Crippen LogP contribution in [-0.2, 0) is 16.6 Å². The van der Waals surface area contributed by atoms with Gasteiger partial charge in [-0.25, -0.2) is 8.42 Å². The van der Waals surface area contributed by atoms with Crippen LogP contribution in [0.25, 0.3) is 0 Å². The minimum atomic E-state index is -3.59. The fraction of sp³-hybridized carbons (Fsp3) is 0.500. The molecule has 1 aromatic heterocycles. The summed E-state index contributed by atoms with van der Waals surface area (Å²) in [5.74, 6) is 0.448. The summed E-state index contributed by atoms with van der Waals surface area (Å²) in [6, 6.07) is 4.80. The number of rotatable bonds is 5. The lowest BCUT2D eigenvalue weighted by Gasteiger charge is -2.26. The molecule has 2 aromatic rings. The van der Waals surface area contributed by atoms with Crippen molar-refractivity contribution in [2.24, 2.45) is 0 Å². The van der Waals surface area contributed by atoms with Gasteiger partial charge in [0, 0.05) is 31.3 Å². The number of aryl methyl sites for hydroxylation is 3. The smallest absolute Gasteiger partial charge is 0.254 e. The molecular weight excluding hydrogens is 378 g/mol. The van der Waals surface area contributed by atoms with Crippen molar-refractivity contribution in [3.05, 3.63) is 46.3 Å². The molecule has 0 atom stereocenters. The van der Waals surface area contributed by atoms with Crippen molar-refractivity contribution in [2.75, 3.05) is 20.1 Å². The molecule has 152 valence electrons. The highest BCUT2D eigenvalue weighted by Crippen LogP contribution is 2.24. The van der Waals surface area contributed by atoms with Crippen molar-refractivity contribution in [2.45, 2.75) is 51.5 Å². The predicted octanol–water partition coefficient (Wildman–Crippen LogP) is 3.05. The molecule has 0 radical (unpaired) electrons. The summed E-state index contributed by atoms with van der Waals surface area (Å²) in [6.45, 7) is 6.87. The third-order valence-corrected chi connectivity index (χ3v) is 7.21. The van der Waals surface area contributed by atoms with Crippen LogP contribution in [0.2, 0.25) is 0 Å². The largest absolute Gasteiger partial charge is 0.361 e. The summed E-state index contributed by atoms with van der Waals surface area (Å²) in [5.41, 5.74) is 2.75. The normalized spacial score (nSPS) is 15.6. The Morgan fingerprint density at radius 1 is 1.18 bits per heavy atom. The van der Waals surface area contributed by atoms with E-state index >= 15 is 0 Å². The summed E-state index contributed by atoms with van der Waals surface area (Å²) in [6.07, 6.45) is 2.80. The highest BCUT2D eigenvalue weighted by atomic mass is 32.2. The maximum Gasteiger partial charge on any atom is 0.254 e. The van der Waals surface area contributed by atoms with E-state index in [-0.39, 0.29) is 10.8 Å². The van der Waals surface area contributed by atoms with Gasteiger partial charge in [-0.3, -0.25) is 4.79 Å². The number of sulfonamides is 1. The van der Waals surface area contributed by atoms with E-state index in [1.807, 2.05) is 20.8 Å². The maximum absolute atomic E-state index is 13.0. The lowest BCUT2D eigenvalue weighted by molar-refractivity contribution is 0.0783. The van der Waals surface area contributed by atoms with Gasteiger partial charge in [0.15, 0.2) is 0 Å². The zero-order valence-corrected chi connectivity index (χ0v) is 17.7. The van der Waals surface area contributed by atoms with Gasteiger partial charge in [-0.05, 0) is 51.3 Å². The Morgan fingerprint density at radius 3 is 2.46 bits per heavy atom. The molecule has 0 spiro atoms. The Hall–Kier alpha value is -2.19. The number of piperidine rings is 1. The molecule has 1 aliphatic heterocycles. The zero-order valence-electron chi connectivity index (χ0n) is 16.9. The van der Waals surface area contributed by atoms with Crippen molar-refractivity contribution in [3.63, 3.8) is 0 Å². The van der Waals surface area contributed by atoms with E-state index in [1.165, 1.54) is 10.4 Å². The van der Waals surface area contributed by atoms with Crippen molar-refractivity contribution in [3.8, 4) is 0 Å². The van der Waals surface area contributed by atoms with Gasteiger partial charge in [-0.15, -0.1) is 0 Å². The van der Waals surface area contributed by atoms with E-state index < -0.39 is 10.0 Å². The lowest BCUT2D eigenvalue weighted by Crippen LogP contribution is -2.35. The Labute approximate surface area is 166 Å². The van der Waals surface area contributed by atoms with Crippen LogP contribution < -0.4 is 0 Å². The molecule has 0 saturated carbocycles. The molecule has 1 aromatic carbocycles. The van der Waals surface area contributed by atoms with Crippen molar-refractivity contribution in [1.82, 2.24) is 14.4 Å². The van der Waals surface area contributed by atoms with Crippen LogP contribution in [0.4, 0.5) is 0 Å². The van der Waals surface area contributed by atoms with Gasteiger partial charge in [-0.2, -0.15) is 4.31 Å². The topological polar surface area (TPSA) is 83.7 Å². The number of carbonyl (C=O) groups excluding carboxylic acids is 1. The average Bonchev–Trinajstić information content (AvgIpc) is 3.00. The summed E-state index contributed by atoms with van der Waals surface area (Å²) < 4.78 is 32.6. The second-order valence-corrected chi connectivity index (χ2v) is 9.34. The molecule has 7 nitrogen and oxygen atoms in total. The SMILES string of the molecule is Cc1ccc(S(=O)(=O)N2CCCCC2)cc1C(=O)N(C)Cc1c(C)noc1C. The number of nitrogens with zero attached hydrogens (tertiary/aromatic N) is 3. The summed E-state index contributed by atoms with van der Waals surface area (Å²) in [5, 5.41) is 3.92. The Morgan fingerprint density at radius 2 is 1.86 bits per heavy atom. The van der Waals surface area contributed by atoms with Gasteiger partial charge in [0.1, 0.15) is 5.76 Å². The van der Waals surface area contributed by atoms with E-state index in [0.29, 0.717) is 31.0 Å². The number of amides is 1. The predicted molar refractivity (Wildman–Crippen MR) is 106 cm³/mol. The molecular formula is C20H27N3O4S. The summed E-state index contributed by atoms with van der Waals surface area (Å²) >= 11 is 0. The minimum Gasteiger partial charge on any atom is -0.361 e.